The van der Waals surface area contributed by atoms with Crippen LogP contribution in [0.2, 0.25) is 0 Å². The van der Waals surface area contributed by atoms with Gasteiger partial charge in [0.05, 0.1) is 13.2 Å². The highest BCUT2D eigenvalue weighted by Crippen LogP contribution is 2.41. The maximum Gasteiger partial charge on any atom is 0.171 e. The van der Waals surface area contributed by atoms with E-state index in [2.05, 4.69) is 40.4 Å². The summed E-state index contributed by atoms with van der Waals surface area (Å²) >= 11 is 8.98. The molecule has 2 aromatic carbocycles. The van der Waals surface area contributed by atoms with Crippen molar-refractivity contribution in [3.8, 4) is 11.5 Å². The summed E-state index contributed by atoms with van der Waals surface area (Å²) in [5.74, 6) is 1.61. The van der Waals surface area contributed by atoms with Crippen molar-refractivity contribution in [1.82, 2.24) is 5.32 Å². The molecule has 4 nitrogen and oxygen atoms in total. The van der Waals surface area contributed by atoms with Crippen LogP contribution in [-0.4, -0.2) is 17.8 Å². The molecule has 25 heavy (non-hydrogen) atoms. The van der Waals surface area contributed by atoms with E-state index in [-0.39, 0.29) is 11.6 Å². The Morgan fingerprint density at radius 1 is 1.28 bits per heavy atom. The number of methoxy groups -OCH3 is 1. The number of halogens is 1. The molecule has 0 saturated carbocycles. The van der Waals surface area contributed by atoms with Gasteiger partial charge in [0.1, 0.15) is 17.1 Å². The SMILES string of the molecule is COc1ccc2c(c1)OC(C)(C)C[C@H]2NC(=S)Nc1cccc(Br)c1. The quantitative estimate of drug-likeness (QED) is 0.680. The predicted octanol–water partition coefficient (Wildman–Crippen LogP) is 5.05. The standard InChI is InChI=1S/C19H21BrN2O2S/c1-19(2)11-16(15-8-7-14(23-3)10-17(15)24-19)22-18(25)21-13-6-4-5-12(20)9-13/h4-10,16H,11H2,1-3H3,(H2,21,22,25)/t16-/m1/s1. The molecular weight excluding hydrogens is 400 g/mol. The first-order valence-corrected chi connectivity index (χ1v) is 9.26. The third-order valence-corrected chi connectivity index (χ3v) is 4.78. The Hall–Kier alpha value is -1.79. The van der Waals surface area contributed by atoms with Gasteiger partial charge in [-0.3, -0.25) is 0 Å². The van der Waals surface area contributed by atoms with E-state index in [0.29, 0.717) is 5.11 Å². The fourth-order valence-electron chi connectivity index (χ4n) is 2.98. The Morgan fingerprint density at radius 3 is 2.80 bits per heavy atom. The maximum absolute atomic E-state index is 6.12. The van der Waals surface area contributed by atoms with E-state index in [1.54, 1.807) is 7.11 Å². The zero-order valence-corrected chi connectivity index (χ0v) is 16.8. The largest absolute Gasteiger partial charge is 0.497 e. The van der Waals surface area contributed by atoms with Crippen molar-refractivity contribution >= 4 is 38.9 Å². The summed E-state index contributed by atoms with van der Waals surface area (Å²) in [4.78, 5) is 0. The summed E-state index contributed by atoms with van der Waals surface area (Å²) in [6, 6.07) is 13.9. The molecule has 1 atom stereocenters. The van der Waals surface area contributed by atoms with Gasteiger partial charge in [-0.05, 0) is 56.4 Å². The molecule has 0 unspecified atom stereocenters. The smallest absolute Gasteiger partial charge is 0.171 e. The Morgan fingerprint density at radius 2 is 2.08 bits per heavy atom. The molecule has 1 aliphatic rings. The minimum Gasteiger partial charge on any atom is -0.497 e. The molecule has 2 aromatic rings. The van der Waals surface area contributed by atoms with Crippen LogP contribution in [0.25, 0.3) is 0 Å². The third-order valence-electron chi connectivity index (χ3n) is 4.07. The van der Waals surface area contributed by atoms with E-state index >= 15 is 0 Å². The van der Waals surface area contributed by atoms with Crippen molar-refractivity contribution in [2.24, 2.45) is 0 Å². The van der Waals surface area contributed by atoms with Crippen molar-refractivity contribution in [2.45, 2.75) is 31.9 Å². The molecule has 0 saturated heterocycles. The first-order valence-electron chi connectivity index (χ1n) is 8.06. The van der Waals surface area contributed by atoms with Crippen molar-refractivity contribution in [1.29, 1.82) is 0 Å². The summed E-state index contributed by atoms with van der Waals surface area (Å²) in [5, 5.41) is 7.24. The van der Waals surface area contributed by atoms with Crippen LogP contribution in [0.3, 0.4) is 0 Å². The summed E-state index contributed by atoms with van der Waals surface area (Å²) in [6.07, 6.45) is 0.812. The van der Waals surface area contributed by atoms with Crippen molar-refractivity contribution < 1.29 is 9.47 Å². The first kappa shape index (κ1) is 18.0. The lowest BCUT2D eigenvalue weighted by atomic mass is 9.89. The van der Waals surface area contributed by atoms with Gasteiger partial charge in [0.25, 0.3) is 0 Å². The summed E-state index contributed by atoms with van der Waals surface area (Å²) in [6.45, 7) is 4.16. The number of nitrogens with one attached hydrogen (secondary N) is 2. The number of ether oxygens (including phenoxy) is 2. The molecule has 0 spiro atoms. The summed E-state index contributed by atoms with van der Waals surface area (Å²) in [7, 11) is 1.66. The number of fused-ring (bicyclic) bond motifs is 1. The fourth-order valence-corrected chi connectivity index (χ4v) is 3.64. The molecule has 2 N–H and O–H groups in total. The number of rotatable bonds is 3. The fraction of sp³-hybridized carbons (Fsp3) is 0.316. The van der Waals surface area contributed by atoms with Gasteiger partial charge in [0, 0.05) is 28.2 Å². The molecule has 0 aromatic heterocycles. The van der Waals surface area contributed by atoms with Gasteiger partial charge in [-0.25, -0.2) is 0 Å². The average Bonchev–Trinajstić information content (AvgIpc) is 2.53. The van der Waals surface area contributed by atoms with Crippen molar-refractivity contribution in [3.05, 3.63) is 52.5 Å². The van der Waals surface area contributed by atoms with E-state index in [4.69, 9.17) is 21.7 Å². The minimum atomic E-state index is -0.289. The van der Waals surface area contributed by atoms with Gasteiger partial charge in [0.2, 0.25) is 0 Å². The van der Waals surface area contributed by atoms with Crippen LogP contribution in [0.15, 0.2) is 46.9 Å². The lowest BCUT2D eigenvalue weighted by Gasteiger charge is -2.38. The molecule has 0 radical (unpaired) electrons. The van der Waals surface area contributed by atoms with Gasteiger partial charge >= 0.3 is 0 Å². The predicted molar refractivity (Wildman–Crippen MR) is 109 cm³/mol. The van der Waals surface area contributed by atoms with E-state index in [1.807, 2.05) is 42.5 Å². The molecule has 132 valence electrons. The average molecular weight is 421 g/mol. The molecule has 0 bridgehead atoms. The van der Waals surface area contributed by atoms with Crippen LogP contribution >= 0.6 is 28.1 Å². The number of hydrogen-bond donors (Lipinski definition) is 2. The van der Waals surface area contributed by atoms with Gasteiger partial charge in [-0.15, -0.1) is 0 Å². The second-order valence-electron chi connectivity index (χ2n) is 6.63. The molecule has 0 fully saturated rings. The zero-order chi connectivity index (χ0) is 18.0. The van der Waals surface area contributed by atoms with Gasteiger partial charge < -0.3 is 20.1 Å². The van der Waals surface area contributed by atoms with Crippen LogP contribution in [0.1, 0.15) is 31.9 Å². The van der Waals surface area contributed by atoms with Gasteiger partial charge in [-0.1, -0.05) is 22.0 Å². The number of benzene rings is 2. The molecule has 1 aliphatic heterocycles. The molecular formula is C19H21BrN2O2S. The minimum absolute atomic E-state index is 0.0665. The number of anilines is 1. The highest BCUT2D eigenvalue weighted by Gasteiger charge is 2.34. The lowest BCUT2D eigenvalue weighted by molar-refractivity contribution is 0.0693. The molecule has 6 heteroatoms. The van der Waals surface area contributed by atoms with Gasteiger partial charge in [0.15, 0.2) is 5.11 Å². The van der Waals surface area contributed by atoms with Crippen molar-refractivity contribution in [3.63, 3.8) is 0 Å². The second kappa shape index (κ2) is 7.22. The molecule has 0 aliphatic carbocycles. The topological polar surface area (TPSA) is 42.5 Å². The van der Waals surface area contributed by atoms with E-state index in [1.165, 1.54) is 0 Å². The van der Waals surface area contributed by atoms with Crippen LogP contribution < -0.4 is 20.1 Å². The Balaban J connectivity index is 1.79. The molecule has 0 amide bonds. The van der Waals surface area contributed by atoms with Crippen LogP contribution in [0.4, 0.5) is 5.69 Å². The molecule has 1 heterocycles. The summed E-state index contributed by atoms with van der Waals surface area (Å²) < 4.78 is 12.4. The Bertz CT molecular complexity index is 795. The number of hydrogen-bond acceptors (Lipinski definition) is 3. The van der Waals surface area contributed by atoms with E-state index < -0.39 is 0 Å². The van der Waals surface area contributed by atoms with Crippen LogP contribution in [0.5, 0.6) is 11.5 Å². The lowest BCUT2D eigenvalue weighted by Crippen LogP contribution is -2.42. The monoisotopic (exact) mass is 420 g/mol. The zero-order valence-electron chi connectivity index (χ0n) is 14.4. The number of thiocarbonyl (C=S) groups is 1. The normalized spacial score (nSPS) is 17.8. The van der Waals surface area contributed by atoms with Gasteiger partial charge in [-0.2, -0.15) is 0 Å². The van der Waals surface area contributed by atoms with Crippen LogP contribution in [-0.2, 0) is 0 Å². The third kappa shape index (κ3) is 4.44. The molecule has 3 rings (SSSR count). The highest BCUT2D eigenvalue weighted by molar-refractivity contribution is 9.10. The first-order chi connectivity index (χ1) is 11.9. The van der Waals surface area contributed by atoms with E-state index in [9.17, 15) is 0 Å². The van der Waals surface area contributed by atoms with Crippen molar-refractivity contribution in [2.75, 3.05) is 12.4 Å². The van der Waals surface area contributed by atoms with E-state index in [0.717, 1.165) is 33.6 Å². The maximum atomic E-state index is 6.12. The Labute approximate surface area is 162 Å². The second-order valence-corrected chi connectivity index (χ2v) is 7.95. The summed E-state index contributed by atoms with van der Waals surface area (Å²) in [5.41, 5.74) is 1.73. The Kier molecular flexibility index (Phi) is 5.20. The highest BCUT2D eigenvalue weighted by atomic mass is 79.9. The van der Waals surface area contributed by atoms with Crippen LogP contribution in [0, 0.1) is 0 Å².